The van der Waals surface area contributed by atoms with Crippen LogP contribution in [0.4, 0.5) is 5.95 Å². The number of fused-ring (bicyclic) bond motifs is 1. The second-order valence-corrected chi connectivity index (χ2v) is 7.90. The van der Waals surface area contributed by atoms with Crippen molar-refractivity contribution in [1.29, 1.82) is 0 Å². The third-order valence-electron chi connectivity index (χ3n) is 5.75. The molecular weight excluding hydrogens is 378 g/mol. The van der Waals surface area contributed by atoms with Crippen molar-refractivity contribution in [2.24, 2.45) is 5.73 Å². The van der Waals surface area contributed by atoms with E-state index in [9.17, 15) is 5.11 Å². The fourth-order valence-corrected chi connectivity index (χ4v) is 4.15. The first-order valence-corrected chi connectivity index (χ1v) is 10.3. The maximum atomic E-state index is 10.3. The van der Waals surface area contributed by atoms with E-state index in [1.165, 1.54) is 0 Å². The van der Waals surface area contributed by atoms with Gasteiger partial charge in [0.05, 0.1) is 29.3 Å². The van der Waals surface area contributed by atoms with Crippen LogP contribution >= 0.6 is 0 Å². The SMILES string of the molecule is N[C@H]1CCCC[C@H]1Nc1nc(-c2cnn(Cc3ccccc3)c2)c2c(O)[nH]cc2n1. The second kappa shape index (κ2) is 7.79. The molecular formula is C22H25N7O. The number of H-pyrrole nitrogens is 1. The van der Waals surface area contributed by atoms with Crippen LogP contribution in [0.1, 0.15) is 31.2 Å². The molecule has 0 spiro atoms. The molecule has 0 amide bonds. The second-order valence-electron chi connectivity index (χ2n) is 7.90. The molecule has 1 fully saturated rings. The van der Waals surface area contributed by atoms with Gasteiger partial charge in [-0.15, -0.1) is 0 Å². The molecule has 5 rings (SSSR count). The van der Waals surface area contributed by atoms with Crippen LogP contribution in [0.5, 0.6) is 5.88 Å². The zero-order valence-corrected chi connectivity index (χ0v) is 16.6. The van der Waals surface area contributed by atoms with Crippen molar-refractivity contribution in [3.8, 4) is 17.1 Å². The van der Waals surface area contributed by atoms with Gasteiger partial charge in [0.25, 0.3) is 0 Å². The Hall–Kier alpha value is -3.39. The fourth-order valence-electron chi connectivity index (χ4n) is 4.15. The molecule has 0 aliphatic heterocycles. The molecule has 1 aliphatic rings. The Balaban J connectivity index is 1.49. The van der Waals surface area contributed by atoms with Crippen LogP contribution < -0.4 is 11.1 Å². The van der Waals surface area contributed by atoms with E-state index in [-0.39, 0.29) is 18.0 Å². The number of anilines is 1. The summed E-state index contributed by atoms with van der Waals surface area (Å²) in [6.07, 6.45) is 9.73. The van der Waals surface area contributed by atoms with Gasteiger partial charge in [0, 0.05) is 30.0 Å². The van der Waals surface area contributed by atoms with E-state index in [1.807, 2.05) is 29.1 Å². The van der Waals surface area contributed by atoms with Crippen molar-refractivity contribution in [2.75, 3.05) is 5.32 Å². The van der Waals surface area contributed by atoms with Gasteiger partial charge in [0.1, 0.15) is 0 Å². The molecule has 3 heterocycles. The highest BCUT2D eigenvalue weighted by Crippen LogP contribution is 2.33. The van der Waals surface area contributed by atoms with E-state index >= 15 is 0 Å². The van der Waals surface area contributed by atoms with Crippen LogP contribution in [0.3, 0.4) is 0 Å². The number of aromatic amines is 1. The average molecular weight is 403 g/mol. The van der Waals surface area contributed by atoms with Crippen LogP contribution in [-0.2, 0) is 6.54 Å². The van der Waals surface area contributed by atoms with Gasteiger partial charge in [0.15, 0.2) is 5.88 Å². The number of hydrogen-bond donors (Lipinski definition) is 4. The highest BCUT2D eigenvalue weighted by molar-refractivity contribution is 5.97. The summed E-state index contributed by atoms with van der Waals surface area (Å²) in [5, 5.41) is 18.8. The van der Waals surface area contributed by atoms with Crippen molar-refractivity contribution < 1.29 is 5.11 Å². The predicted molar refractivity (Wildman–Crippen MR) is 116 cm³/mol. The van der Waals surface area contributed by atoms with Gasteiger partial charge in [-0.2, -0.15) is 5.10 Å². The maximum Gasteiger partial charge on any atom is 0.224 e. The molecule has 1 aliphatic carbocycles. The number of nitrogens with one attached hydrogen (secondary N) is 2. The molecule has 30 heavy (non-hydrogen) atoms. The molecule has 154 valence electrons. The minimum absolute atomic E-state index is 0.0525. The third kappa shape index (κ3) is 3.61. The molecule has 1 aromatic carbocycles. The molecule has 4 aromatic rings. The van der Waals surface area contributed by atoms with E-state index in [2.05, 4.69) is 32.5 Å². The first-order chi connectivity index (χ1) is 14.7. The highest BCUT2D eigenvalue weighted by atomic mass is 16.3. The molecule has 0 radical (unpaired) electrons. The minimum atomic E-state index is 0.0525. The summed E-state index contributed by atoms with van der Waals surface area (Å²) in [5.74, 6) is 0.575. The molecule has 0 unspecified atom stereocenters. The summed E-state index contributed by atoms with van der Waals surface area (Å²) in [5.41, 5.74) is 9.58. The summed E-state index contributed by atoms with van der Waals surface area (Å²) in [7, 11) is 0. The summed E-state index contributed by atoms with van der Waals surface area (Å²) in [6.45, 7) is 0.663. The van der Waals surface area contributed by atoms with Gasteiger partial charge in [-0.1, -0.05) is 43.2 Å². The van der Waals surface area contributed by atoms with Crippen LogP contribution in [0, 0.1) is 0 Å². The summed E-state index contributed by atoms with van der Waals surface area (Å²) >= 11 is 0. The van der Waals surface area contributed by atoms with Gasteiger partial charge in [-0.05, 0) is 18.4 Å². The number of rotatable bonds is 5. The van der Waals surface area contributed by atoms with E-state index in [4.69, 9.17) is 10.7 Å². The topological polar surface area (TPSA) is 118 Å². The number of nitrogens with two attached hydrogens (primary N) is 1. The van der Waals surface area contributed by atoms with Crippen LogP contribution in [0.15, 0.2) is 48.9 Å². The lowest BCUT2D eigenvalue weighted by molar-refractivity contribution is 0.402. The van der Waals surface area contributed by atoms with Crippen molar-refractivity contribution >= 4 is 16.9 Å². The van der Waals surface area contributed by atoms with Crippen molar-refractivity contribution in [3.63, 3.8) is 0 Å². The largest absolute Gasteiger partial charge is 0.494 e. The zero-order valence-electron chi connectivity index (χ0n) is 16.6. The molecule has 8 nitrogen and oxygen atoms in total. The zero-order chi connectivity index (χ0) is 20.5. The van der Waals surface area contributed by atoms with Gasteiger partial charge in [-0.3, -0.25) is 4.68 Å². The number of nitrogens with zero attached hydrogens (tertiary/aromatic N) is 4. The summed E-state index contributed by atoms with van der Waals surface area (Å²) in [4.78, 5) is 12.2. The molecule has 8 heteroatoms. The Morgan fingerprint density at radius 2 is 2.00 bits per heavy atom. The number of benzene rings is 1. The van der Waals surface area contributed by atoms with E-state index in [0.29, 0.717) is 29.1 Å². The van der Waals surface area contributed by atoms with Crippen molar-refractivity contribution in [1.82, 2.24) is 24.7 Å². The van der Waals surface area contributed by atoms with E-state index in [1.54, 1.807) is 12.4 Å². The summed E-state index contributed by atoms with van der Waals surface area (Å²) < 4.78 is 1.87. The Kier molecular flexibility index (Phi) is 4.84. The Morgan fingerprint density at radius 3 is 2.83 bits per heavy atom. The van der Waals surface area contributed by atoms with Gasteiger partial charge in [0.2, 0.25) is 5.95 Å². The lowest BCUT2D eigenvalue weighted by Gasteiger charge is -2.29. The Bertz CT molecular complexity index is 1150. The monoisotopic (exact) mass is 403 g/mol. The van der Waals surface area contributed by atoms with Crippen LogP contribution in [0.2, 0.25) is 0 Å². The molecule has 2 atom stereocenters. The smallest absolute Gasteiger partial charge is 0.224 e. The Morgan fingerprint density at radius 1 is 1.17 bits per heavy atom. The lowest BCUT2D eigenvalue weighted by Crippen LogP contribution is -2.42. The maximum absolute atomic E-state index is 10.3. The lowest BCUT2D eigenvalue weighted by atomic mass is 9.91. The summed E-state index contributed by atoms with van der Waals surface area (Å²) in [6, 6.07) is 10.4. The molecule has 1 saturated carbocycles. The Labute approximate surface area is 174 Å². The molecule has 0 saturated heterocycles. The first-order valence-electron chi connectivity index (χ1n) is 10.3. The van der Waals surface area contributed by atoms with E-state index in [0.717, 1.165) is 36.8 Å². The fraction of sp³-hybridized carbons (Fsp3) is 0.318. The minimum Gasteiger partial charge on any atom is -0.494 e. The number of aromatic nitrogens is 5. The normalized spacial score (nSPS) is 19.2. The number of aromatic hydroxyl groups is 1. The first kappa shape index (κ1) is 18.6. The predicted octanol–water partition coefficient (Wildman–Crippen LogP) is 3.26. The van der Waals surface area contributed by atoms with Gasteiger partial charge in [-0.25, -0.2) is 9.97 Å². The molecule has 5 N–H and O–H groups in total. The van der Waals surface area contributed by atoms with Crippen molar-refractivity contribution in [2.45, 2.75) is 44.3 Å². The quantitative estimate of drug-likeness (QED) is 0.406. The van der Waals surface area contributed by atoms with Gasteiger partial charge >= 0.3 is 0 Å². The van der Waals surface area contributed by atoms with E-state index < -0.39 is 0 Å². The standard InChI is InChI=1S/C22H25N7O/c23-16-8-4-5-9-17(16)26-22-27-18-11-24-21(30)19(18)20(28-22)15-10-25-29(13-15)12-14-6-2-1-3-7-14/h1-3,6-7,10-11,13,16-17,24,30H,4-5,8-9,12,23H2,(H,26,27)/t16-,17+/m0/s1. The van der Waals surface area contributed by atoms with Crippen LogP contribution in [-0.4, -0.2) is 41.9 Å². The van der Waals surface area contributed by atoms with Crippen LogP contribution in [0.25, 0.3) is 22.2 Å². The number of hydrogen-bond acceptors (Lipinski definition) is 6. The van der Waals surface area contributed by atoms with Gasteiger partial charge < -0.3 is 21.1 Å². The third-order valence-corrected chi connectivity index (χ3v) is 5.75. The highest BCUT2D eigenvalue weighted by Gasteiger charge is 2.24. The van der Waals surface area contributed by atoms with Crippen molar-refractivity contribution in [3.05, 3.63) is 54.5 Å². The molecule has 0 bridgehead atoms. The average Bonchev–Trinajstić information content (AvgIpc) is 3.37. The molecule has 3 aromatic heterocycles.